The second-order valence-electron chi connectivity index (χ2n) is 5.60. The number of aromatic nitrogens is 1. The molecule has 0 bridgehead atoms. The Morgan fingerprint density at radius 1 is 1.20 bits per heavy atom. The van der Waals surface area contributed by atoms with E-state index in [9.17, 15) is 0 Å². The van der Waals surface area contributed by atoms with Gasteiger partial charge >= 0.3 is 0 Å². The molecule has 1 atom stereocenters. The van der Waals surface area contributed by atoms with Gasteiger partial charge in [0.1, 0.15) is 0 Å². The number of thiazole rings is 1. The summed E-state index contributed by atoms with van der Waals surface area (Å²) in [6.45, 7) is 8.68. The molecule has 108 valence electrons. The van der Waals surface area contributed by atoms with E-state index in [4.69, 9.17) is 0 Å². The molecule has 1 aromatic carbocycles. The predicted molar refractivity (Wildman–Crippen MR) is 87.4 cm³/mol. The maximum Gasteiger partial charge on any atom is 0.0940 e. The number of hydrogen-bond acceptors (Lipinski definition) is 3. The zero-order valence-electron chi connectivity index (χ0n) is 12.6. The highest BCUT2D eigenvalue weighted by Gasteiger charge is 2.14. The molecule has 1 unspecified atom stereocenters. The van der Waals surface area contributed by atoms with Crippen molar-refractivity contribution in [2.75, 3.05) is 13.1 Å². The van der Waals surface area contributed by atoms with Gasteiger partial charge in [0.15, 0.2) is 0 Å². The van der Waals surface area contributed by atoms with Crippen molar-refractivity contribution in [3.63, 3.8) is 0 Å². The molecular weight excluding hydrogens is 264 g/mol. The quantitative estimate of drug-likeness (QED) is 0.778. The predicted octanol–water partition coefficient (Wildman–Crippen LogP) is 4.02. The van der Waals surface area contributed by atoms with Gasteiger partial charge < -0.3 is 5.32 Å². The van der Waals surface area contributed by atoms with E-state index < -0.39 is 0 Å². The SMILES string of the molecule is Cc1csc(CCNCC(c2ccccc2)C(C)C)n1. The maximum absolute atomic E-state index is 4.50. The summed E-state index contributed by atoms with van der Waals surface area (Å²) in [5.41, 5.74) is 2.56. The highest BCUT2D eigenvalue weighted by Crippen LogP contribution is 2.23. The van der Waals surface area contributed by atoms with Crippen LogP contribution in [0.5, 0.6) is 0 Å². The Morgan fingerprint density at radius 3 is 2.55 bits per heavy atom. The summed E-state index contributed by atoms with van der Waals surface area (Å²) in [5.74, 6) is 1.22. The molecule has 0 fully saturated rings. The summed E-state index contributed by atoms with van der Waals surface area (Å²) < 4.78 is 0. The summed E-state index contributed by atoms with van der Waals surface area (Å²) >= 11 is 1.76. The van der Waals surface area contributed by atoms with Gasteiger partial charge in [-0.25, -0.2) is 4.98 Å². The summed E-state index contributed by atoms with van der Waals surface area (Å²) in [5, 5.41) is 6.94. The molecule has 0 aliphatic rings. The van der Waals surface area contributed by atoms with Crippen molar-refractivity contribution in [1.82, 2.24) is 10.3 Å². The van der Waals surface area contributed by atoms with E-state index in [-0.39, 0.29) is 0 Å². The van der Waals surface area contributed by atoms with Crippen LogP contribution < -0.4 is 5.32 Å². The number of hydrogen-bond donors (Lipinski definition) is 1. The van der Waals surface area contributed by atoms with E-state index in [0.29, 0.717) is 11.8 Å². The van der Waals surface area contributed by atoms with Crippen LogP contribution in [0.3, 0.4) is 0 Å². The molecule has 2 rings (SSSR count). The molecule has 2 nitrogen and oxygen atoms in total. The van der Waals surface area contributed by atoms with Crippen LogP contribution in [0.1, 0.15) is 36.0 Å². The van der Waals surface area contributed by atoms with Gasteiger partial charge in [-0.3, -0.25) is 0 Å². The Balaban J connectivity index is 1.81. The highest BCUT2D eigenvalue weighted by atomic mass is 32.1. The second-order valence-corrected chi connectivity index (χ2v) is 6.54. The first-order valence-corrected chi connectivity index (χ1v) is 8.21. The molecular formula is C17H24N2S. The van der Waals surface area contributed by atoms with Crippen molar-refractivity contribution in [2.45, 2.75) is 33.1 Å². The topological polar surface area (TPSA) is 24.9 Å². The van der Waals surface area contributed by atoms with Crippen molar-refractivity contribution >= 4 is 11.3 Å². The van der Waals surface area contributed by atoms with Crippen molar-refractivity contribution in [1.29, 1.82) is 0 Å². The van der Waals surface area contributed by atoms with Crippen molar-refractivity contribution in [3.05, 3.63) is 52.0 Å². The Bertz CT molecular complexity index is 505. The van der Waals surface area contributed by atoms with Gasteiger partial charge in [0.25, 0.3) is 0 Å². The molecule has 0 amide bonds. The second kappa shape index (κ2) is 7.55. The fourth-order valence-electron chi connectivity index (χ4n) is 2.41. The van der Waals surface area contributed by atoms with Gasteiger partial charge in [0, 0.05) is 30.6 Å². The van der Waals surface area contributed by atoms with E-state index in [1.807, 2.05) is 0 Å². The standard InChI is InChI=1S/C17H24N2S/c1-13(2)16(15-7-5-4-6-8-15)11-18-10-9-17-19-14(3)12-20-17/h4-8,12-13,16,18H,9-11H2,1-3H3. The van der Waals surface area contributed by atoms with Gasteiger partial charge in [-0.1, -0.05) is 44.2 Å². The van der Waals surface area contributed by atoms with E-state index in [1.165, 1.54) is 10.6 Å². The monoisotopic (exact) mass is 288 g/mol. The third-order valence-corrected chi connectivity index (χ3v) is 4.61. The van der Waals surface area contributed by atoms with E-state index >= 15 is 0 Å². The fourth-order valence-corrected chi connectivity index (χ4v) is 3.19. The molecule has 0 saturated carbocycles. The third-order valence-electron chi connectivity index (χ3n) is 3.58. The van der Waals surface area contributed by atoms with Crippen LogP contribution in [0.4, 0.5) is 0 Å². The van der Waals surface area contributed by atoms with Gasteiger partial charge in [-0.15, -0.1) is 11.3 Å². The Labute approximate surface area is 126 Å². The van der Waals surface area contributed by atoms with Crippen LogP contribution in [0.2, 0.25) is 0 Å². The average Bonchev–Trinajstić information content (AvgIpc) is 2.85. The van der Waals surface area contributed by atoms with Crippen LogP contribution in [0, 0.1) is 12.8 Å². The van der Waals surface area contributed by atoms with Crippen molar-refractivity contribution < 1.29 is 0 Å². The minimum atomic E-state index is 0.578. The summed E-state index contributed by atoms with van der Waals surface area (Å²) in [4.78, 5) is 4.50. The van der Waals surface area contributed by atoms with Gasteiger partial charge in [0.05, 0.1) is 5.01 Å². The molecule has 2 aromatic rings. The molecule has 20 heavy (non-hydrogen) atoms. The van der Waals surface area contributed by atoms with Crippen molar-refractivity contribution in [3.8, 4) is 0 Å². The molecule has 0 radical (unpaired) electrons. The molecule has 0 spiro atoms. The first-order chi connectivity index (χ1) is 9.66. The molecule has 1 heterocycles. The van der Waals surface area contributed by atoms with Gasteiger partial charge in [-0.2, -0.15) is 0 Å². The largest absolute Gasteiger partial charge is 0.316 e. The Hall–Kier alpha value is -1.19. The number of aryl methyl sites for hydroxylation is 1. The first-order valence-electron chi connectivity index (χ1n) is 7.33. The lowest BCUT2D eigenvalue weighted by molar-refractivity contribution is 0.463. The van der Waals surface area contributed by atoms with Crippen LogP contribution in [-0.2, 0) is 6.42 Å². The van der Waals surface area contributed by atoms with Crippen LogP contribution >= 0.6 is 11.3 Å². The Kier molecular flexibility index (Phi) is 5.74. The van der Waals surface area contributed by atoms with Gasteiger partial charge in [0.2, 0.25) is 0 Å². The van der Waals surface area contributed by atoms with E-state index in [0.717, 1.165) is 25.2 Å². The van der Waals surface area contributed by atoms with Gasteiger partial charge in [-0.05, 0) is 24.3 Å². The minimum Gasteiger partial charge on any atom is -0.316 e. The fraction of sp³-hybridized carbons (Fsp3) is 0.471. The molecule has 0 aliphatic heterocycles. The normalized spacial score (nSPS) is 12.8. The number of benzene rings is 1. The first kappa shape index (κ1) is 15.2. The summed E-state index contributed by atoms with van der Waals surface area (Å²) in [6.07, 6.45) is 1.03. The lowest BCUT2D eigenvalue weighted by atomic mass is 9.88. The molecule has 0 saturated heterocycles. The van der Waals surface area contributed by atoms with Crippen molar-refractivity contribution in [2.24, 2.45) is 5.92 Å². The van der Waals surface area contributed by atoms with Crippen LogP contribution in [0.25, 0.3) is 0 Å². The third kappa shape index (κ3) is 4.43. The number of nitrogens with zero attached hydrogens (tertiary/aromatic N) is 1. The van der Waals surface area contributed by atoms with E-state index in [1.54, 1.807) is 11.3 Å². The minimum absolute atomic E-state index is 0.578. The zero-order valence-corrected chi connectivity index (χ0v) is 13.4. The highest BCUT2D eigenvalue weighted by molar-refractivity contribution is 7.09. The van der Waals surface area contributed by atoms with Crippen LogP contribution in [-0.4, -0.2) is 18.1 Å². The maximum atomic E-state index is 4.50. The molecule has 1 N–H and O–H groups in total. The lowest BCUT2D eigenvalue weighted by Crippen LogP contribution is -2.26. The molecule has 0 aliphatic carbocycles. The number of nitrogens with one attached hydrogen (secondary N) is 1. The summed E-state index contributed by atoms with van der Waals surface area (Å²) in [6, 6.07) is 10.8. The van der Waals surface area contributed by atoms with E-state index in [2.05, 4.69) is 66.8 Å². The zero-order chi connectivity index (χ0) is 14.4. The smallest absolute Gasteiger partial charge is 0.0940 e. The Morgan fingerprint density at radius 2 is 1.95 bits per heavy atom. The number of rotatable bonds is 7. The lowest BCUT2D eigenvalue weighted by Gasteiger charge is -2.21. The molecule has 3 heteroatoms. The molecule has 1 aromatic heterocycles. The summed E-state index contributed by atoms with van der Waals surface area (Å²) in [7, 11) is 0. The van der Waals surface area contributed by atoms with Crippen LogP contribution in [0.15, 0.2) is 35.7 Å². The average molecular weight is 288 g/mol.